The van der Waals surface area contributed by atoms with Crippen LogP contribution in [0.4, 0.5) is 0 Å². The second-order valence-electron chi connectivity index (χ2n) is 5.11. The van der Waals surface area contributed by atoms with Crippen molar-refractivity contribution in [2.75, 3.05) is 6.54 Å². The van der Waals surface area contributed by atoms with Gasteiger partial charge in [0, 0.05) is 11.9 Å². The van der Waals surface area contributed by atoms with E-state index in [9.17, 15) is 9.59 Å². The standard InChI is InChI=1S/C17H20N2O4S/c1-4-18-16(20)11(2)23-17(21)13-5-7-15(8-6-13)22-9-14-10-24-12(3)19-14/h5-8,10-11H,4,9H2,1-3H3,(H,18,20)/t11-/m0/s1. The van der Waals surface area contributed by atoms with Gasteiger partial charge in [-0.25, -0.2) is 9.78 Å². The normalized spacial score (nSPS) is 11.6. The van der Waals surface area contributed by atoms with E-state index < -0.39 is 12.1 Å². The number of benzene rings is 1. The van der Waals surface area contributed by atoms with Crippen molar-refractivity contribution in [2.24, 2.45) is 0 Å². The van der Waals surface area contributed by atoms with Gasteiger partial charge in [0.2, 0.25) is 0 Å². The second-order valence-corrected chi connectivity index (χ2v) is 6.18. The summed E-state index contributed by atoms with van der Waals surface area (Å²) in [5.41, 5.74) is 1.24. The van der Waals surface area contributed by atoms with Crippen molar-refractivity contribution in [3.8, 4) is 5.75 Å². The Bertz CT molecular complexity index is 697. The third-order valence-electron chi connectivity index (χ3n) is 3.15. The van der Waals surface area contributed by atoms with Crippen LogP contribution in [-0.2, 0) is 16.1 Å². The van der Waals surface area contributed by atoms with Gasteiger partial charge in [0.05, 0.1) is 16.3 Å². The van der Waals surface area contributed by atoms with Crippen LogP contribution in [0, 0.1) is 6.92 Å². The molecule has 0 saturated carbocycles. The molecule has 0 unspecified atom stereocenters. The van der Waals surface area contributed by atoms with Crippen LogP contribution in [0.3, 0.4) is 0 Å². The van der Waals surface area contributed by atoms with Gasteiger partial charge in [-0.05, 0) is 45.0 Å². The van der Waals surface area contributed by atoms with Gasteiger partial charge in [0.15, 0.2) is 6.10 Å². The van der Waals surface area contributed by atoms with Crippen molar-refractivity contribution in [2.45, 2.75) is 33.5 Å². The molecule has 128 valence electrons. The number of amides is 1. The van der Waals surface area contributed by atoms with E-state index >= 15 is 0 Å². The minimum absolute atomic E-state index is 0.315. The quantitative estimate of drug-likeness (QED) is 0.779. The van der Waals surface area contributed by atoms with Crippen LogP contribution in [0.15, 0.2) is 29.6 Å². The molecule has 1 amide bonds. The third kappa shape index (κ3) is 5.06. The topological polar surface area (TPSA) is 77.5 Å². The van der Waals surface area contributed by atoms with Gasteiger partial charge in [0.25, 0.3) is 5.91 Å². The number of nitrogens with zero attached hydrogens (tertiary/aromatic N) is 1. The van der Waals surface area contributed by atoms with Crippen molar-refractivity contribution >= 4 is 23.2 Å². The Hall–Kier alpha value is -2.41. The predicted octanol–water partition coefficient (Wildman–Crippen LogP) is 2.71. The maximum atomic E-state index is 12.0. The van der Waals surface area contributed by atoms with Crippen molar-refractivity contribution in [3.63, 3.8) is 0 Å². The number of ether oxygens (including phenoxy) is 2. The fourth-order valence-electron chi connectivity index (χ4n) is 1.92. The van der Waals surface area contributed by atoms with E-state index in [2.05, 4.69) is 10.3 Å². The molecule has 0 bridgehead atoms. The molecule has 0 aliphatic heterocycles. The van der Waals surface area contributed by atoms with Gasteiger partial charge >= 0.3 is 5.97 Å². The summed E-state index contributed by atoms with van der Waals surface area (Å²) in [7, 11) is 0. The lowest BCUT2D eigenvalue weighted by atomic mass is 10.2. The number of thiazole rings is 1. The maximum absolute atomic E-state index is 12.0. The van der Waals surface area contributed by atoms with E-state index in [-0.39, 0.29) is 5.91 Å². The molecule has 2 rings (SSSR count). The van der Waals surface area contributed by atoms with Crippen molar-refractivity contribution in [1.29, 1.82) is 0 Å². The predicted molar refractivity (Wildman–Crippen MR) is 91.2 cm³/mol. The van der Waals surface area contributed by atoms with Crippen LogP contribution in [0.5, 0.6) is 5.75 Å². The highest BCUT2D eigenvalue weighted by Crippen LogP contribution is 2.16. The summed E-state index contributed by atoms with van der Waals surface area (Å²) in [6.45, 7) is 6.15. The lowest BCUT2D eigenvalue weighted by Gasteiger charge is -2.12. The Morgan fingerprint density at radius 1 is 1.29 bits per heavy atom. The maximum Gasteiger partial charge on any atom is 0.338 e. The largest absolute Gasteiger partial charge is 0.487 e. The number of carbonyl (C=O) groups is 2. The number of likely N-dealkylation sites (N-methyl/N-ethyl adjacent to an activating group) is 1. The fraction of sp³-hybridized carbons (Fsp3) is 0.353. The molecule has 0 radical (unpaired) electrons. The first-order valence-corrected chi connectivity index (χ1v) is 8.50. The molecule has 1 aromatic carbocycles. The van der Waals surface area contributed by atoms with E-state index in [1.807, 2.05) is 12.3 Å². The number of hydrogen-bond donors (Lipinski definition) is 1. The van der Waals surface area contributed by atoms with E-state index in [0.717, 1.165) is 10.7 Å². The van der Waals surface area contributed by atoms with E-state index in [1.165, 1.54) is 6.92 Å². The Kier molecular flexibility index (Phi) is 6.31. The number of carbonyl (C=O) groups excluding carboxylic acids is 2. The first-order chi connectivity index (χ1) is 11.5. The Labute approximate surface area is 144 Å². The second kappa shape index (κ2) is 8.44. The molecular formula is C17H20N2O4S. The number of esters is 1. The zero-order valence-electron chi connectivity index (χ0n) is 13.9. The van der Waals surface area contributed by atoms with E-state index in [4.69, 9.17) is 9.47 Å². The van der Waals surface area contributed by atoms with Gasteiger partial charge in [-0.2, -0.15) is 0 Å². The average Bonchev–Trinajstić information content (AvgIpc) is 2.99. The van der Waals surface area contributed by atoms with Crippen LogP contribution in [0.25, 0.3) is 0 Å². The highest BCUT2D eigenvalue weighted by molar-refractivity contribution is 7.09. The molecule has 7 heteroatoms. The summed E-state index contributed by atoms with van der Waals surface area (Å²) in [6.07, 6.45) is -0.832. The highest BCUT2D eigenvalue weighted by atomic mass is 32.1. The molecule has 1 heterocycles. The van der Waals surface area contributed by atoms with Crippen LogP contribution in [0.1, 0.15) is 34.9 Å². The van der Waals surface area contributed by atoms with Crippen LogP contribution >= 0.6 is 11.3 Å². The molecule has 0 aliphatic carbocycles. The average molecular weight is 348 g/mol. The zero-order valence-corrected chi connectivity index (χ0v) is 14.7. The summed E-state index contributed by atoms with van der Waals surface area (Å²) in [5, 5.41) is 5.55. The van der Waals surface area contributed by atoms with Crippen LogP contribution < -0.4 is 10.1 Å². The Balaban J connectivity index is 1.88. The van der Waals surface area contributed by atoms with Crippen molar-refractivity contribution < 1.29 is 19.1 Å². The summed E-state index contributed by atoms with van der Waals surface area (Å²) < 4.78 is 10.7. The van der Waals surface area contributed by atoms with Gasteiger partial charge in [-0.15, -0.1) is 11.3 Å². The molecule has 6 nitrogen and oxygen atoms in total. The number of aryl methyl sites for hydroxylation is 1. The minimum atomic E-state index is -0.832. The molecule has 0 spiro atoms. The molecular weight excluding hydrogens is 328 g/mol. The summed E-state index contributed by atoms with van der Waals surface area (Å²) in [4.78, 5) is 27.9. The third-order valence-corrected chi connectivity index (χ3v) is 3.97. The molecule has 0 aliphatic rings. The lowest BCUT2D eigenvalue weighted by Crippen LogP contribution is -2.35. The lowest BCUT2D eigenvalue weighted by molar-refractivity contribution is -0.128. The summed E-state index contributed by atoms with van der Waals surface area (Å²) >= 11 is 1.57. The molecule has 2 aromatic rings. The first-order valence-electron chi connectivity index (χ1n) is 7.62. The van der Waals surface area contributed by atoms with Crippen molar-refractivity contribution in [3.05, 3.63) is 45.9 Å². The van der Waals surface area contributed by atoms with E-state index in [1.54, 1.807) is 42.5 Å². The van der Waals surface area contributed by atoms with Crippen LogP contribution in [0.2, 0.25) is 0 Å². The smallest absolute Gasteiger partial charge is 0.338 e. The van der Waals surface area contributed by atoms with E-state index in [0.29, 0.717) is 24.5 Å². The molecule has 1 atom stereocenters. The number of nitrogens with one attached hydrogen (secondary N) is 1. The number of rotatable bonds is 7. The molecule has 24 heavy (non-hydrogen) atoms. The summed E-state index contributed by atoms with van der Waals surface area (Å²) in [6, 6.07) is 6.59. The van der Waals surface area contributed by atoms with Gasteiger partial charge < -0.3 is 14.8 Å². The van der Waals surface area contributed by atoms with Crippen molar-refractivity contribution in [1.82, 2.24) is 10.3 Å². The number of hydrogen-bond acceptors (Lipinski definition) is 6. The SMILES string of the molecule is CCNC(=O)[C@H](C)OC(=O)c1ccc(OCc2csc(C)n2)cc1. The summed E-state index contributed by atoms with van der Waals surface area (Å²) in [5.74, 6) is -0.228. The zero-order chi connectivity index (χ0) is 17.5. The molecule has 0 fully saturated rings. The molecule has 0 saturated heterocycles. The Morgan fingerprint density at radius 2 is 2.00 bits per heavy atom. The van der Waals surface area contributed by atoms with Gasteiger partial charge in [0.1, 0.15) is 12.4 Å². The monoisotopic (exact) mass is 348 g/mol. The first kappa shape index (κ1) is 17.9. The highest BCUT2D eigenvalue weighted by Gasteiger charge is 2.18. The van der Waals surface area contributed by atoms with Gasteiger partial charge in [-0.1, -0.05) is 0 Å². The fourth-order valence-corrected chi connectivity index (χ4v) is 2.52. The van der Waals surface area contributed by atoms with Crippen LogP contribution in [-0.4, -0.2) is 29.5 Å². The van der Waals surface area contributed by atoms with Gasteiger partial charge in [-0.3, -0.25) is 4.79 Å². The minimum Gasteiger partial charge on any atom is -0.487 e. The molecule has 1 aromatic heterocycles. The molecule has 1 N–H and O–H groups in total. The Morgan fingerprint density at radius 3 is 2.58 bits per heavy atom. The number of aromatic nitrogens is 1.